The highest BCUT2D eigenvalue weighted by molar-refractivity contribution is 7.80. The Hall–Kier alpha value is -1.89. The third-order valence-electron chi connectivity index (χ3n) is 3.65. The summed E-state index contributed by atoms with van der Waals surface area (Å²) in [6, 6.07) is 6.72. The van der Waals surface area contributed by atoms with Crippen molar-refractivity contribution in [3.05, 3.63) is 34.4 Å². The van der Waals surface area contributed by atoms with Crippen LogP contribution in [0.15, 0.2) is 24.3 Å². The summed E-state index contributed by atoms with van der Waals surface area (Å²) >= 11 is 5.41. The minimum atomic E-state index is -0.374. The van der Waals surface area contributed by atoms with Crippen LogP contribution in [0.2, 0.25) is 0 Å². The van der Waals surface area contributed by atoms with Gasteiger partial charge < -0.3 is 15.1 Å². The Labute approximate surface area is 136 Å². The standard InChI is InChI=1S/C15H22N4O2S/c1-12(2)11-16-15(22)18-9-7-17(8-10-18)13-3-5-14(6-4-13)19(20)21/h3-6,12H,7-11H2,1-2H3,(H,16,22). The predicted octanol–water partition coefficient (Wildman–Crippen LogP) is 2.25. The first kappa shape index (κ1) is 16.5. The van der Waals surface area contributed by atoms with Gasteiger partial charge in [0.05, 0.1) is 4.92 Å². The molecule has 22 heavy (non-hydrogen) atoms. The van der Waals surface area contributed by atoms with E-state index in [4.69, 9.17) is 12.2 Å². The van der Waals surface area contributed by atoms with Gasteiger partial charge in [0.15, 0.2) is 5.11 Å². The Morgan fingerprint density at radius 1 is 1.27 bits per heavy atom. The molecule has 0 unspecified atom stereocenters. The lowest BCUT2D eigenvalue weighted by molar-refractivity contribution is -0.384. The van der Waals surface area contributed by atoms with Crippen LogP contribution in [0, 0.1) is 16.0 Å². The van der Waals surface area contributed by atoms with E-state index in [-0.39, 0.29) is 10.6 Å². The number of benzene rings is 1. The molecule has 1 aliphatic rings. The van der Waals surface area contributed by atoms with Crippen LogP contribution in [0.3, 0.4) is 0 Å². The van der Waals surface area contributed by atoms with Crippen LogP contribution in [0.25, 0.3) is 0 Å². The summed E-state index contributed by atoms with van der Waals surface area (Å²) in [6.07, 6.45) is 0. The summed E-state index contributed by atoms with van der Waals surface area (Å²) in [5.74, 6) is 0.569. The van der Waals surface area contributed by atoms with E-state index >= 15 is 0 Å². The number of anilines is 1. The maximum atomic E-state index is 10.7. The Bertz CT molecular complexity index is 525. The topological polar surface area (TPSA) is 61.6 Å². The molecule has 1 fully saturated rings. The van der Waals surface area contributed by atoms with Gasteiger partial charge in [0, 0.05) is 50.5 Å². The Morgan fingerprint density at radius 2 is 1.86 bits per heavy atom. The second-order valence-corrected chi connectivity index (χ2v) is 6.21. The van der Waals surface area contributed by atoms with E-state index in [0.29, 0.717) is 5.92 Å². The Morgan fingerprint density at radius 3 is 2.36 bits per heavy atom. The lowest BCUT2D eigenvalue weighted by Gasteiger charge is -2.37. The molecule has 7 heteroatoms. The van der Waals surface area contributed by atoms with Crippen molar-refractivity contribution in [3.63, 3.8) is 0 Å². The van der Waals surface area contributed by atoms with Gasteiger partial charge in [-0.05, 0) is 30.3 Å². The molecule has 0 atom stereocenters. The molecular weight excluding hydrogens is 300 g/mol. The third kappa shape index (κ3) is 4.30. The van der Waals surface area contributed by atoms with Gasteiger partial charge in [-0.2, -0.15) is 0 Å². The molecule has 1 N–H and O–H groups in total. The maximum absolute atomic E-state index is 10.7. The van der Waals surface area contributed by atoms with Gasteiger partial charge in [-0.15, -0.1) is 0 Å². The monoisotopic (exact) mass is 322 g/mol. The van der Waals surface area contributed by atoms with E-state index in [1.165, 1.54) is 0 Å². The lowest BCUT2D eigenvalue weighted by Crippen LogP contribution is -2.52. The van der Waals surface area contributed by atoms with E-state index in [1.54, 1.807) is 12.1 Å². The van der Waals surface area contributed by atoms with Crippen molar-refractivity contribution in [2.24, 2.45) is 5.92 Å². The first-order chi connectivity index (χ1) is 10.5. The van der Waals surface area contributed by atoms with E-state index in [0.717, 1.165) is 43.5 Å². The molecule has 1 saturated heterocycles. The minimum Gasteiger partial charge on any atom is -0.368 e. The summed E-state index contributed by atoms with van der Waals surface area (Å²) in [5, 5.41) is 14.8. The number of non-ortho nitro benzene ring substituents is 1. The minimum absolute atomic E-state index is 0.126. The molecule has 0 radical (unpaired) electrons. The molecule has 2 rings (SSSR count). The number of piperazine rings is 1. The molecule has 0 aliphatic carbocycles. The highest BCUT2D eigenvalue weighted by atomic mass is 32.1. The number of nitro benzene ring substituents is 1. The average Bonchev–Trinajstić information content (AvgIpc) is 2.53. The van der Waals surface area contributed by atoms with Crippen LogP contribution < -0.4 is 10.2 Å². The zero-order chi connectivity index (χ0) is 16.1. The van der Waals surface area contributed by atoms with E-state index in [2.05, 4.69) is 29.0 Å². The summed E-state index contributed by atoms with van der Waals surface area (Å²) in [7, 11) is 0. The quantitative estimate of drug-likeness (QED) is 0.521. The van der Waals surface area contributed by atoms with E-state index in [9.17, 15) is 10.1 Å². The van der Waals surface area contributed by atoms with Gasteiger partial charge in [-0.25, -0.2) is 0 Å². The van der Waals surface area contributed by atoms with Crippen LogP contribution in [-0.2, 0) is 0 Å². The summed E-state index contributed by atoms with van der Waals surface area (Å²) in [4.78, 5) is 14.7. The van der Waals surface area contributed by atoms with Gasteiger partial charge in [0.2, 0.25) is 0 Å². The van der Waals surface area contributed by atoms with Crippen LogP contribution >= 0.6 is 12.2 Å². The van der Waals surface area contributed by atoms with Gasteiger partial charge in [0.1, 0.15) is 0 Å². The molecule has 6 nitrogen and oxygen atoms in total. The van der Waals surface area contributed by atoms with E-state index < -0.39 is 0 Å². The normalized spacial score (nSPS) is 15.0. The number of nitrogens with zero attached hydrogens (tertiary/aromatic N) is 3. The maximum Gasteiger partial charge on any atom is 0.269 e. The molecule has 1 aliphatic heterocycles. The zero-order valence-electron chi connectivity index (χ0n) is 13.0. The number of thiocarbonyl (C=S) groups is 1. The smallest absolute Gasteiger partial charge is 0.269 e. The Kier molecular flexibility index (Phi) is 5.54. The van der Waals surface area contributed by atoms with Crippen molar-refractivity contribution >= 4 is 28.7 Å². The highest BCUT2D eigenvalue weighted by Crippen LogP contribution is 2.20. The molecule has 0 aromatic heterocycles. The van der Waals surface area contributed by atoms with Crippen molar-refractivity contribution in [2.75, 3.05) is 37.6 Å². The molecule has 1 aromatic rings. The lowest BCUT2D eigenvalue weighted by atomic mass is 10.2. The SMILES string of the molecule is CC(C)CNC(=S)N1CCN(c2ccc([N+](=O)[O-])cc2)CC1. The average molecular weight is 322 g/mol. The van der Waals surface area contributed by atoms with Crippen molar-refractivity contribution in [1.82, 2.24) is 10.2 Å². The van der Waals surface area contributed by atoms with Crippen LogP contribution in [-0.4, -0.2) is 47.7 Å². The first-order valence-corrected chi connectivity index (χ1v) is 7.90. The second kappa shape index (κ2) is 7.40. The molecule has 0 saturated carbocycles. The largest absolute Gasteiger partial charge is 0.368 e. The summed E-state index contributed by atoms with van der Waals surface area (Å²) in [6.45, 7) is 8.65. The van der Waals surface area contributed by atoms with Gasteiger partial charge >= 0.3 is 0 Å². The van der Waals surface area contributed by atoms with E-state index in [1.807, 2.05) is 12.1 Å². The number of rotatable bonds is 4. The van der Waals surface area contributed by atoms with Crippen LogP contribution in [0.5, 0.6) is 0 Å². The number of hydrogen-bond donors (Lipinski definition) is 1. The third-order valence-corrected chi connectivity index (χ3v) is 4.06. The molecule has 0 spiro atoms. The van der Waals surface area contributed by atoms with Gasteiger partial charge in [-0.1, -0.05) is 13.8 Å². The predicted molar refractivity (Wildman–Crippen MR) is 92.3 cm³/mol. The molecule has 120 valence electrons. The molecule has 0 amide bonds. The zero-order valence-corrected chi connectivity index (χ0v) is 13.8. The molecule has 1 heterocycles. The van der Waals surface area contributed by atoms with Crippen molar-refractivity contribution < 1.29 is 4.92 Å². The fourth-order valence-corrected chi connectivity index (χ4v) is 2.62. The number of nitrogens with one attached hydrogen (secondary N) is 1. The molecular formula is C15H22N4O2S. The number of hydrogen-bond acceptors (Lipinski definition) is 4. The van der Waals surface area contributed by atoms with Crippen molar-refractivity contribution in [1.29, 1.82) is 0 Å². The van der Waals surface area contributed by atoms with Crippen molar-refractivity contribution in [2.45, 2.75) is 13.8 Å². The van der Waals surface area contributed by atoms with Crippen molar-refractivity contribution in [3.8, 4) is 0 Å². The fraction of sp³-hybridized carbons (Fsp3) is 0.533. The number of nitro groups is 1. The molecule has 1 aromatic carbocycles. The highest BCUT2D eigenvalue weighted by Gasteiger charge is 2.19. The van der Waals surface area contributed by atoms with Gasteiger partial charge in [0.25, 0.3) is 5.69 Å². The van der Waals surface area contributed by atoms with Gasteiger partial charge in [-0.3, -0.25) is 10.1 Å². The van der Waals surface area contributed by atoms with Crippen LogP contribution in [0.1, 0.15) is 13.8 Å². The summed E-state index contributed by atoms with van der Waals surface area (Å²) in [5.41, 5.74) is 1.15. The Balaban J connectivity index is 1.86. The molecule has 0 bridgehead atoms. The van der Waals surface area contributed by atoms with Crippen LogP contribution in [0.4, 0.5) is 11.4 Å². The summed E-state index contributed by atoms with van der Waals surface area (Å²) < 4.78 is 0. The first-order valence-electron chi connectivity index (χ1n) is 7.49. The fourth-order valence-electron chi connectivity index (χ4n) is 2.36. The second-order valence-electron chi connectivity index (χ2n) is 5.83.